The maximum Gasteiger partial charge on any atom is 0.137 e. The number of para-hydroxylation sites is 1. The molecule has 1 aromatic carbocycles. The van der Waals surface area contributed by atoms with E-state index in [9.17, 15) is 0 Å². The lowest BCUT2D eigenvalue weighted by Crippen LogP contribution is -2.18. The summed E-state index contributed by atoms with van der Waals surface area (Å²) in [6.07, 6.45) is 4.36. The number of nitrogens with zero attached hydrogens (tertiary/aromatic N) is 2. The van der Waals surface area contributed by atoms with Gasteiger partial charge in [-0.15, -0.1) is 0 Å². The molecule has 1 aliphatic heterocycles. The van der Waals surface area contributed by atoms with Crippen molar-refractivity contribution in [3.63, 3.8) is 0 Å². The van der Waals surface area contributed by atoms with E-state index in [4.69, 9.17) is 4.74 Å². The van der Waals surface area contributed by atoms with Gasteiger partial charge in [-0.2, -0.15) is 0 Å². The van der Waals surface area contributed by atoms with Gasteiger partial charge in [-0.25, -0.2) is 0 Å². The standard InChI is InChI=1S/C14H16N2O/c1-17-12-9-11-5-4-6-13(14(11)15-10-12)16-7-2-3-8-16/h4-6,9-10H,2-3,7-8H2,1H3. The zero-order valence-electron chi connectivity index (χ0n) is 10.0. The third kappa shape index (κ3) is 1.82. The van der Waals surface area contributed by atoms with Crippen LogP contribution in [0, 0.1) is 0 Å². The van der Waals surface area contributed by atoms with Gasteiger partial charge in [0.1, 0.15) is 5.75 Å². The second kappa shape index (κ2) is 4.24. The number of rotatable bonds is 2. The minimum Gasteiger partial charge on any atom is -0.495 e. The summed E-state index contributed by atoms with van der Waals surface area (Å²) < 4.78 is 5.21. The van der Waals surface area contributed by atoms with Crippen molar-refractivity contribution in [3.8, 4) is 5.75 Å². The summed E-state index contributed by atoms with van der Waals surface area (Å²) in [4.78, 5) is 6.95. The highest BCUT2D eigenvalue weighted by Gasteiger charge is 2.15. The van der Waals surface area contributed by atoms with Crippen molar-refractivity contribution in [3.05, 3.63) is 30.5 Å². The Morgan fingerprint density at radius 3 is 2.82 bits per heavy atom. The molecule has 2 heterocycles. The van der Waals surface area contributed by atoms with Crippen LogP contribution in [0.5, 0.6) is 5.75 Å². The van der Waals surface area contributed by atoms with Crippen molar-refractivity contribution < 1.29 is 4.74 Å². The molecule has 0 N–H and O–H groups in total. The van der Waals surface area contributed by atoms with E-state index in [-0.39, 0.29) is 0 Å². The van der Waals surface area contributed by atoms with E-state index in [0.29, 0.717) is 0 Å². The Kier molecular flexibility index (Phi) is 2.59. The molecule has 1 saturated heterocycles. The van der Waals surface area contributed by atoms with Crippen LogP contribution in [0.25, 0.3) is 10.9 Å². The van der Waals surface area contributed by atoms with Crippen molar-refractivity contribution in [2.45, 2.75) is 12.8 Å². The molecule has 3 nitrogen and oxygen atoms in total. The number of methoxy groups -OCH3 is 1. The highest BCUT2D eigenvalue weighted by molar-refractivity contribution is 5.91. The average Bonchev–Trinajstić information content (AvgIpc) is 2.91. The predicted molar refractivity (Wildman–Crippen MR) is 69.7 cm³/mol. The monoisotopic (exact) mass is 228 g/mol. The fourth-order valence-electron chi connectivity index (χ4n) is 2.45. The summed E-state index contributed by atoms with van der Waals surface area (Å²) in [5, 5.41) is 1.15. The van der Waals surface area contributed by atoms with Crippen molar-refractivity contribution in [1.29, 1.82) is 0 Å². The lowest BCUT2D eigenvalue weighted by atomic mass is 10.1. The normalized spacial score (nSPS) is 15.5. The highest BCUT2D eigenvalue weighted by atomic mass is 16.5. The second-order valence-corrected chi connectivity index (χ2v) is 4.42. The van der Waals surface area contributed by atoms with Crippen LogP contribution in [-0.2, 0) is 0 Å². The number of hydrogen-bond acceptors (Lipinski definition) is 3. The Morgan fingerprint density at radius 1 is 1.24 bits per heavy atom. The zero-order chi connectivity index (χ0) is 11.7. The Hall–Kier alpha value is -1.77. The summed E-state index contributed by atoms with van der Waals surface area (Å²) in [5.41, 5.74) is 2.33. The fraction of sp³-hybridized carbons (Fsp3) is 0.357. The van der Waals surface area contributed by atoms with Gasteiger partial charge in [-0.1, -0.05) is 12.1 Å². The molecule has 0 bridgehead atoms. The summed E-state index contributed by atoms with van der Waals surface area (Å²) in [5.74, 6) is 0.816. The van der Waals surface area contributed by atoms with Gasteiger partial charge in [0, 0.05) is 18.5 Å². The molecule has 0 atom stereocenters. The van der Waals surface area contributed by atoms with Crippen LogP contribution in [0.4, 0.5) is 5.69 Å². The predicted octanol–water partition coefficient (Wildman–Crippen LogP) is 2.84. The van der Waals surface area contributed by atoms with Crippen LogP contribution >= 0.6 is 0 Å². The number of ether oxygens (including phenoxy) is 1. The molecule has 0 aliphatic carbocycles. The van der Waals surface area contributed by atoms with Gasteiger partial charge >= 0.3 is 0 Å². The first-order valence-electron chi connectivity index (χ1n) is 6.06. The van der Waals surface area contributed by atoms with E-state index >= 15 is 0 Å². The molecule has 0 spiro atoms. The quantitative estimate of drug-likeness (QED) is 0.790. The summed E-state index contributed by atoms with van der Waals surface area (Å²) in [6.45, 7) is 2.29. The third-order valence-corrected chi connectivity index (χ3v) is 3.35. The molecule has 0 saturated carbocycles. The SMILES string of the molecule is COc1cnc2c(N3CCCC3)cccc2c1. The average molecular weight is 228 g/mol. The molecule has 1 fully saturated rings. The number of aromatic nitrogens is 1. The number of pyridine rings is 1. The molecule has 1 aromatic heterocycles. The van der Waals surface area contributed by atoms with E-state index < -0.39 is 0 Å². The first-order chi connectivity index (χ1) is 8.38. The van der Waals surface area contributed by atoms with Gasteiger partial charge < -0.3 is 9.64 Å². The minimum atomic E-state index is 0.816. The molecular formula is C14H16N2O. The molecule has 88 valence electrons. The number of benzene rings is 1. The topological polar surface area (TPSA) is 25.4 Å². The molecule has 2 aromatic rings. The van der Waals surface area contributed by atoms with E-state index in [1.807, 2.05) is 6.07 Å². The van der Waals surface area contributed by atoms with Crippen LogP contribution < -0.4 is 9.64 Å². The molecule has 17 heavy (non-hydrogen) atoms. The number of fused-ring (bicyclic) bond motifs is 1. The van der Waals surface area contributed by atoms with Crippen LogP contribution in [0.2, 0.25) is 0 Å². The molecule has 3 heteroatoms. The van der Waals surface area contributed by atoms with Crippen LogP contribution in [0.3, 0.4) is 0 Å². The molecule has 0 amide bonds. The zero-order valence-corrected chi connectivity index (χ0v) is 10.0. The van der Waals surface area contributed by atoms with Crippen LogP contribution in [0.15, 0.2) is 30.5 Å². The molecule has 0 radical (unpaired) electrons. The van der Waals surface area contributed by atoms with Crippen LogP contribution in [0.1, 0.15) is 12.8 Å². The first kappa shape index (κ1) is 10.4. The summed E-state index contributed by atoms with van der Waals surface area (Å²) in [6, 6.07) is 8.39. The Balaban J connectivity index is 2.12. The minimum absolute atomic E-state index is 0.816. The van der Waals surface area contributed by atoms with Crippen molar-refractivity contribution in [2.75, 3.05) is 25.1 Å². The first-order valence-corrected chi connectivity index (χ1v) is 6.06. The summed E-state index contributed by atoms with van der Waals surface area (Å²) in [7, 11) is 1.67. The van der Waals surface area contributed by atoms with E-state index in [1.54, 1.807) is 13.3 Å². The number of anilines is 1. The third-order valence-electron chi connectivity index (χ3n) is 3.35. The maximum absolute atomic E-state index is 5.21. The molecule has 1 aliphatic rings. The van der Waals surface area contributed by atoms with Gasteiger partial charge in [-0.3, -0.25) is 4.98 Å². The van der Waals surface area contributed by atoms with Gasteiger partial charge in [0.15, 0.2) is 0 Å². The van der Waals surface area contributed by atoms with Crippen molar-refractivity contribution >= 4 is 16.6 Å². The molecule has 3 rings (SSSR count). The van der Waals surface area contributed by atoms with E-state index in [0.717, 1.165) is 29.7 Å². The Labute approximate surface area is 101 Å². The highest BCUT2D eigenvalue weighted by Crippen LogP contribution is 2.29. The van der Waals surface area contributed by atoms with Crippen LogP contribution in [-0.4, -0.2) is 25.2 Å². The Morgan fingerprint density at radius 2 is 2.06 bits per heavy atom. The number of hydrogen-bond donors (Lipinski definition) is 0. The van der Waals surface area contributed by atoms with Crippen molar-refractivity contribution in [1.82, 2.24) is 4.98 Å². The second-order valence-electron chi connectivity index (χ2n) is 4.42. The van der Waals surface area contributed by atoms with Crippen molar-refractivity contribution in [2.24, 2.45) is 0 Å². The van der Waals surface area contributed by atoms with Gasteiger partial charge in [-0.05, 0) is 25.0 Å². The summed E-state index contributed by atoms with van der Waals surface area (Å²) >= 11 is 0. The lowest BCUT2D eigenvalue weighted by molar-refractivity contribution is 0.414. The van der Waals surface area contributed by atoms with Gasteiger partial charge in [0.2, 0.25) is 0 Å². The van der Waals surface area contributed by atoms with E-state index in [1.165, 1.54) is 18.5 Å². The molecular weight excluding hydrogens is 212 g/mol. The van der Waals surface area contributed by atoms with Gasteiger partial charge in [0.25, 0.3) is 0 Å². The maximum atomic E-state index is 5.21. The fourth-order valence-corrected chi connectivity index (χ4v) is 2.45. The van der Waals surface area contributed by atoms with E-state index in [2.05, 4.69) is 28.1 Å². The largest absolute Gasteiger partial charge is 0.495 e. The lowest BCUT2D eigenvalue weighted by Gasteiger charge is -2.19. The van der Waals surface area contributed by atoms with Gasteiger partial charge in [0.05, 0.1) is 24.5 Å². The molecule has 0 unspecified atom stereocenters. The Bertz CT molecular complexity index is 533. The smallest absolute Gasteiger partial charge is 0.137 e.